The Morgan fingerprint density at radius 3 is 2.41 bits per heavy atom. The number of nitrogens with zero attached hydrogens (tertiary/aromatic N) is 1. The predicted octanol–water partition coefficient (Wildman–Crippen LogP) is 1.83. The molecule has 0 rings (SSSR count). The van der Waals surface area contributed by atoms with Gasteiger partial charge in [-0.05, 0) is 39.3 Å². The summed E-state index contributed by atoms with van der Waals surface area (Å²) in [5.74, 6) is 0.267. The minimum absolute atomic E-state index is 0.110. The summed E-state index contributed by atoms with van der Waals surface area (Å²) in [4.78, 5) is 0. The quantitative estimate of drug-likeness (QED) is 0.612. The molecule has 0 aliphatic rings. The van der Waals surface area contributed by atoms with E-state index in [9.17, 15) is 8.42 Å². The second-order valence-corrected chi connectivity index (χ2v) is 6.68. The summed E-state index contributed by atoms with van der Waals surface area (Å²) in [6, 6.07) is 0.110. The topological polar surface area (TPSA) is 49.4 Å². The second-order valence-electron chi connectivity index (χ2n) is 4.53. The maximum Gasteiger partial charge on any atom is 0.214 e. The minimum atomic E-state index is -3.06. The van der Waals surface area contributed by atoms with E-state index in [0.29, 0.717) is 0 Å². The summed E-state index contributed by atoms with van der Waals surface area (Å²) in [7, 11) is -1.37. The van der Waals surface area contributed by atoms with Crippen molar-refractivity contribution < 1.29 is 8.42 Å². The largest absolute Gasteiger partial charge is 0.317 e. The highest BCUT2D eigenvalue weighted by molar-refractivity contribution is 7.89. The highest BCUT2D eigenvalue weighted by Gasteiger charge is 2.21. The molecule has 0 spiro atoms. The van der Waals surface area contributed by atoms with Crippen molar-refractivity contribution in [1.29, 1.82) is 0 Å². The Morgan fingerprint density at radius 1 is 1.24 bits per heavy atom. The fraction of sp³-hybridized carbons (Fsp3) is 1.00. The maximum atomic E-state index is 12.0. The Bertz CT molecular complexity index is 278. The fourth-order valence-electron chi connectivity index (χ4n) is 1.73. The minimum Gasteiger partial charge on any atom is -0.317 e. The summed E-state index contributed by atoms with van der Waals surface area (Å²) in [5.41, 5.74) is 0. The van der Waals surface area contributed by atoms with Gasteiger partial charge in [0.15, 0.2) is 0 Å². The lowest BCUT2D eigenvalue weighted by molar-refractivity contribution is 0.368. The first-order valence-electron chi connectivity index (χ1n) is 6.62. The first kappa shape index (κ1) is 16.9. The van der Waals surface area contributed by atoms with Crippen LogP contribution in [0.15, 0.2) is 0 Å². The smallest absolute Gasteiger partial charge is 0.214 e. The van der Waals surface area contributed by atoms with E-state index >= 15 is 0 Å². The molecule has 5 heteroatoms. The molecule has 17 heavy (non-hydrogen) atoms. The lowest BCUT2D eigenvalue weighted by Gasteiger charge is -2.23. The molecule has 0 heterocycles. The van der Waals surface area contributed by atoms with Crippen LogP contribution in [0.1, 0.15) is 46.5 Å². The normalized spacial score (nSPS) is 14.2. The molecular weight excluding hydrogens is 236 g/mol. The van der Waals surface area contributed by atoms with Crippen LogP contribution >= 0.6 is 0 Å². The van der Waals surface area contributed by atoms with E-state index in [0.717, 1.165) is 38.8 Å². The Morgan fingerprint density at radius 2 is 1.88 bits per heavy atom. The third kappa shape index (κ3) is 7.01. The monoisotopic (exact) mass is 264 g/mol. The molecule has 0 saturated carbocycles. The van der Waals surface area contributed by atoms with Gasteiger partial charge in [-0.1, -0.05) is 20.3 Å². The van der Waals surface area contributed by atoms with E-state index in [-0.39, 0.29) is 11.8 Å². The van der Waals surface area contributed by atoms with E-state index in [1.165, 1.54) is 4.31 Å². The molecule has 0 aromatic carbocycles. The van der Waals surface area contributed by atoms with Crippen molar-refractivity contribution in [2.45, 2.75) is 52.5 Å². The Balaban J connectivity index is 4.01. The molecule has 0 saturated heterocycles. The molecule has 0 fully saturated rings. The number of hydrogen-bond acceptors (Lipinski definition) is 3. The van der Waals surface area contributed by atoms with Crippen LogP contribution < -0.4 is 5.32 Å². The molecule has 0 bridgehead atoms. The van der Waals surface area contributed by atoms with E-state index in [1.807, 2.05) is 6.92 Å². The van der Waals surface area contributed by atoms with Crippen LogP contribution in [0.4, 0.5) is 0 Å². The number of nitrogens with one attached hydrogen (secondary N) is 1. The van der Waals surface area contributed by atoms with E-state index in [1.54, 1.807) is 7.05 Å². The Kier molecular flexibility index (Phi) is 8.82. The molecule has 4 nitrogen and oxygen atoms in total. The van der Waals surface area contributed by atoms with Gasteiger partial charge in [-0.2, -0.15) is 0 Å². The third-order valence-corrected chi connectivity index (χ3v) is 5.06. The van der Waals surface area contributed by atoms with E-state index in [2.05, 4.69) is 19.2 Å². The second kappa shape index (κ2) is 8.89. The molecule has 1 atom stereocenters. The van der Waals surface area contributed by atoms with Crippen LogP contribution in [-0.2, 0) is 10.0 Å². The highest BCUT2D eigenvalue weighted by Crippen LogP contribution is 2.11. The Hall–Kier alpha value is -0.130. The number of rotatable bonds is 10. The van der Waals surface area contributed by atoms with Crippen LogP contribution in [0.2, 0.25) is 0 Å². The zero-order chi connectivity index (χ0) is 13.3. The molecule has 0 aliphatic heterocycles. The van der Waals surface area contributed by atoms with E-state index < -0.39 is 10.0 Å². The van der Waals surface area contributed by atoms with Crippen molar-refractivity contribution in [2.75, 3.05) is 25.9 Å². The van der Waals surface area contributed by atoms with Gasteiger partial charge in [-0.15, -0.1) is 0 Å². The van der Waals surface area contributed by atoms with Crippen LogP contribution in [0, 0.1) is 0 Å². The van der Waals surface area contributed by atoms with Crippen molar-refractivity contribution in [3.8, 4) is 0 Å². The molecular formula is C12H28N2O2S. The van der Waals surface area contributed by atoms with Crippen LogP contribution in [-0.4, -0.2) is 44.7 Å². The van der Waals surface area contributed by atoms with Crippen molar-refractivity contribution in [2.24, 2.45) is 0 Å². The molecule has 1 unspecified atom stereocenters. The van der Waals surface area contributed by atoms with Gasteiger partial charge in [0.25, 0.3) is 0 Å². The van der Waals surface area contributed by atoms with Gasteiger partial charge in [-0.3, -0.25) is 0 Å². The third-order valence-electron chi connectivity index (χ3n) is 3.02. The highest BCUT2D eigenvalue weighted by atomic mass is 32.2. The van der Waals surface area contributed by atoms with Gasteiger partial charge in [0, 0.05) is 13.1 Å². The van der Waals surface area contributed by atoms with Crippen LogP contribution in [0.3, 0.4) is 0 Å². The lowest BCUT2D eigenvalue weighted by atomic mass is 10.2. The van der Waals surface area contributed by atoms with Crippen molar-refractivity contribution in [1.82, 2.24) is 9.62 Å². The first-order chi connectivity index (χ1) is 7.95. The molecule has 104 valence electrons. The molecule has 0 aromatic rings. The lowest BCUT2D eigenvalue weighted by Crippen LogP contribution is -2.36. The van der Waals surface area contributed by atoms with Crippen molar-refractivity contribution in [3.05, 3.63) is 0 Å². The van der Waals surface area contributed by atoms with Crippen LogP contribution in [0.5, 0.6) is 0 Å². The molecule has 1 N–H and O–H groups in total. The molecule has 0 amide bonds. The fourth-order valence-corrected chi connectivity index (χ4v) is 3.24. The van der Waals surface area contributed by atoms with Crippen molar-refractivity contribution >= 4 is 10.0 Å². The predicted molar refractivity (Wildman–Crippen MR) is 73.7 cm³/mol. The zero-order valence-electron chi connectivity index (χ0n) is 11.7. The summed E-state index contributed by atoms with van der Waals surface area (Å²) >= 11 is 0. The zero-order valence-corrected chi connectivity index (χ0v) is 12.5. The number of unbranched alkanes of at least 4 members (excludes halogenated alkanes) is 1. The van der Waals surface area contributed by atoms with Gasteiger partial charge in [0.2, 0.25) is 10.0 Å². The number of hydrogen-bond donors (Lipinski definition) is 1. The maximum absolute atomic E-state index is 12.0. The molecule has 0 aliphatic carbocycles. The summed E-state index contributed by atoms with van der Waals surface area (Å²) in [6.07, 6.45) is 3.59. The van der Waals surface area contributed by atoms with Gasteiger partial charge < -0.3 is 5.32 Å². The number of sulfonamides is 1. The SMILES string of the molecule is CCCC(C)N(C)S(=O)(=O)CCCCNCC. The summed E-state index contributed by atoms with van der Waals surface area (Å²) in [5, 5.41) is 3.20. The van der Waals surface area contributed by atoms with Gasteiger partial charge in [0.05, 0.1) is 5.75 Å². The average Bonchev–Trinajstić information content (AvgIpc) is 2.28. The van der Waals surface area contributed by atoms with Gasteiger partial charge in [-0.25, -0.2) is 12.7 Å². The molecule has 0 radical (unpaired) electrons. The summed E-state index contributed by atoms with van der Waals surface area (Å²) in [6.45, 7) is 7.95. The Labute approximate surface area is 107 Å². The standard InChI is InChI=1S/C12H28N2O2S/c1-5-9-12(3)14(4)17(15,16)11-8-7-10-13-6-2/h12-13H,5-11H2,1-4H3. The average molecular weight is 264 g/mol. The van der Waals surface area contributed by atoms with Crippen LogP contribution in [0.25, 0.3) is 0 Å². The first-order valence-corrected chi connectivity index (χ1v) is 8.23. The van der Waals surface area contributed by atoms with Crippen molar-refractivity contribution in [3.63, 3.8) is 0 Å². The van der Waals surface area contributed by atoms with Gasteiger partial charge >= 0.3 is 0 Å². The summed E-state index contributed by atoms with van der Waals surface area (Å²) < 4.78 is 25.5. The molecule has 0 aromatic heterocycles. The van der Waals surface area contributed by atoms with E-state index in [4.69, 9.17) is 0 Å². The van der Waals surface area contributed by atoms with Gasteiger partial charge in [0.1, 0.15) is 0 Å².